The third-order valence-corrected chi connectivity index (χ3v) is 2.29. The minimum absolute atomic E-state index is 0.00666. The van der Waals surface area contributed by atoms with Gasteiger partial charge in [0, 0.05) is 5.69 Å². The molecule has 0 fully saturated rings. The van der Waals surface area contributed by atoms with Crippen molar-refractivity contribution in [2.45, 2.75) is 6.54 Å². The van der Waals surface area contributed by atoms with Crippen molar-refractivity contribution < 1.29 is 9.90 Å². The molecule has 2 aromatic rings. The fourth-order valence-electron chi connectivity index (χ4n) is 1.21. The summed E-state index contributed by atoms with van der Waals surface area (Å²) in [5, 5.41) is 21.2. The number of aromatic hydroxyl groups is 1. The Labute approximate surface area is 101 Å². The lowest BCUT2D eigenvalue weighted by Gasteiger charge is -2.04. The van der Waals surface area contributed by atoms with Gasteiger partial charge in [-0.25, -0.2) is 4.68 Å². The molecule has 3 N–H and O–H groups in total. The van der Waals surface area contributed by atoms with Crippen LogP contribution in [-0.4, -0.2) is 31.2 Å². The number of carbonyl (C=O) groups excluding carboxylic acids is 1. The Kier molecular flexibility index (Phi) is 3.15. The average Bonchev–Trinajstić information content (AvgIpc) is 2.68. The summed E-state index contributed by atoms with van der Waals surface area (Å²) in [6.07, 6.45) is 0. The van der Waals surface area contributed by atoms with Gasteiger partial charge >= 0.3 is 0 Å². The quantitative estimate of drug-likeness (QED) is 0.550. The molecule has 88 valence electrons. The molecule has 1 aromatic carbocycles. The number of aromatic amines is 1. The van der Waals surface area contributed by atoms with E-state index in [1.54, 1.807) is 12.1 Å². The third-order valence-electron chi connectivity index (χ3n) is 1.98. The summed E-state index contributed by atoms with van der Waals surface area (Å²) < 4.78 is 1.55. The number of rotatable bonds is 3. The zero-order chi connectivity index (χ0) is 12.3. The largest absolute Gasteiger partial charge is 0.508 e. The standard InChI is InChI=1S/C9H9N5O2S/c15-7-3-1-6(2-4-7)10-8(16)5-14-9(17)11-12-13-14/h1-4,15H,5H2,(H,10,16)(H,11,13,17). The number of hydrogen-bond acceptors (Lipinski definition) is 5. The first-order valence-electron chi connectivity index (χ1n) is 4.72. The molecular formula is C9H9N5O2S. The first-order chi connectivity index (χ1) is 8.15. The van der Waals surface area contributed by atoms with Crippen LogP contribution in [0.4, 0.5) is 5.69 Å². The number of phenols is 1. The van der Waals surface area contributed by atoms with E-state index >= 15 is 0 Å². The average molecular weight is 251 g/mol. The molecule has 0 aliphatic carbocycles. The van der Waals surface area contributed by atoms with Crippen LogP contribution >= 0.6 is 12.2 Å². The van der Waals surface area contributed by atoms with Crippen molar-refractivity contribution in [2.24, 2.45) is 0 Å². The van der Waals surface area contributed by atoms with Crippen molar-refractivity contribution in [3.05, 3.63) is 29.0 Å². The van der Waals surface area contributed by atoms with Crippen LogP contribution in [0.5, 0.6) is 5.75 Å². The molecule has 0 atom stereocenters. The number of anilines is 1. The van der Waals surface area contributed by atoms with Crippen molar-refractivity contribution in [1.29, 1.82) is 0 Å². The minimum Gasteiger partial charge on any atom is -0.508 e. The van der Waals surface area contributed by atoms with Crippen LogP contribution < -0.4 is 5.32 Å². The third kappa shape index (κ3) is 2.88. The molecule has 2 rings (SSSR count). The summed E-state index contributed by atoms with van der Waals surface area (Å²) >= 11 is 4.83. The lowest BCUT2D eigenvalue weighted by molar-refractivity contribution is -0.116. The van der Waals surface area contributed by atoms with E-state index in [0.29, 0.717) is 5.69 Å². The van der Waals surface area contributed by atoms with Crippen LogP contribution in [0.15, 0.2) is 24.3 Å². The molecule has 0 radical (unpaired) electrons. The van der Waals surface area contributed by atoms with Gasteiger partial charge in [-0.2, -0.15) is 5.21 Å². The van der Waals surface area contributed by atoms with Crippen molar-refractivity contribution >= 4 is 23.8 Å². The molecule has 8 heteroatoms. The maximum atomic E-state index is 11.6. The molecule has 0 saturated carbocycles. The lowest BCUT2D eigenvalue weighted by Crippen LogP contribution is -2.19. The molecule has 17 heavy (non-hydrogen) atoms. The van der Waals surface area contributed by atoms with Crippen LogP contribution in [0.1, 0.15) is 0 Å². The summed E-state index contributed by atoms with van der Waals surface area (Å²) in [5.74, 6) is -0.124. The smallest absolute Gasteiger partial charge is 0.246 e. The molecule has 0 aliphatic heterocycles. The second-order valence-electron chi connectivity index (χ2n) is 3.26. The van der Waals surface area contributed by atoms with E-state index in [1.165, 1.54) is 16.8 Å². The van der Waals surface area contributed by atoms with Gasteiger partial charge in [-0.1, -0.05) is 10.3 Å². The van der Waals surface area contributed by atoms with Gasteiger partial charge in [0.25, 0.3) is 0 Å². The SMILES string of the molecule is O=C(Cn1[nH]nnc1=S)Nc1ccc(O)cc1. The molecule has 0 spiro atoms. The van der Waals surface area contributed by atoms with Crippen LogP contribution in [0, 0.1) is 4.77 Å². The molecule has 7 nitrogen and oxygen atoms in total. The second kappa shape index (κ2) is 4.74. The van der Waals surface area contributed by atoms with Gasteiger partial charge in [-0.3, -0.25) is 4.79 Å². The summed E-state index contributed by atoms with van der Waals surface area (Å²) in [4.78, 5) is 11.6. The number of aromatic nitrogens is 4. The summed E-state index contributed by atoms with van der Waals surface area (Å²) in [6.45, 7) is 0.00666. The van der Waals surface area contributed by atoms with Crippen LogP contribution in [-0.2, 0) is 11.3 Å². The highest BCUT2D eigenvalue weighted by Crippen LogP contribution is 2.13. The highest BCUT2D eigenvalue weighted by atomic mass is 32.1. The maximum absolute atomic E-state index is 11.6. The number of tetrazole rings is 1. The Morgan fingerprint density at radius 3 is 2.76 bits per heavy atom. The van der Waals surface area contributed by atoms with Gasteiger partial charge in [-0.15, -0.1) is 0 Å². The van der Waals surface area contributed by atoms with Crippen molar-refractivity contribution in [3.8, 4) is 5.75 Å². The Morgan fingerprint density at radius 1 is 1.47 bits per heavy atom. The summed E-state index contributed by atoms with van der Waals surface area (Å²) in [6, 6.07) is 6.16. The number of amides is 1. The fourth-order valence-corrected chi connectivity index (χ4v) is 1.35. The molecule has 0 unspecified atom stereocenters. The first kappa shape index (κ1) is 11.3. The Morgan fingerprint density at radius 2 is 2.18 bits per heavy atom. The van der Waals surface area contributed by atoms with Gasteiger partial charge in [-0.05, 0) is 36.5 Å². The monoisotopic (exact) mass is 251 g/mol. The van der Waals surface area contributed by atoms with Crippen molar-refractivity contribution in [2.75, 3.05) is 5.32 Å². The molecule has 0 saturated heterocycles. The topological polar surface area (TPSA) is 95.8 Å². The van der Waals surface area contributed by atoms with Crippen molar-refractivity contribution in [3.63, 3.8) is 0 Å². The fraction of sp³-hybridized carbons (Fsp3) is 0.111. The van der Waals surface area contributed by atoms with E-state index in [-0.39, 0.29) is 23.0 Å². The van der Waals surface area contributed by atoms with Crippen LogP contribution in [0.25, 0.3) is 0 Å². The van der Waals surface area contributed by atoms with E-state index in [9.17, 15) is 4.79 Å². The second-order valence-corrected chi connectivity index (χ2v) is 3.63. The Balaban J connectivity index is 2.00. The van der Waals surface area contributed by atoms with E-state index in [2.05, 4.69) is 20.8 Å². The molecule has 0 bridgehead atoms. The van der Waals surface area contributed by atoms with Gasteiger partial charge < -0.3 is 10.4 Å². The molecule has 1 amide bonds. The van der Waals surface area contributed by atoms with Crippen LogP contribution in [0.3, 0.4) is 0 Å². The van der Waals surface area contributed by atoms with Gasteiger partial charge in [0.1, 0.15) is 12.3 Å². The highest BCUT2D eigenvalue weighted by Gasteiger charge is 2.05. The zero-order valence-electron chi connectivity index (χ0n) is 8.62. The number of carbonyl (C=O) groups is 1. The Bertz CT molecular complexity index is 574. The maximum Gasteiger partial charge on any atom is 0.246 e. The predicted octanol–water partition coefficient (Wildman–Crippen LogP) is 0.680. The first-order valence-corrected chi connectivity index (χ1v) is 5.13. The predicted molar refractivity (Wildman–Crippen MR) is 61.9 cm³/mol. The Hall–Kier alpha value is -2.22. The van der Waals surface area contributed by atoms with Gasteiger partial charge in [0.2, 0.25) is 10.7 Å². The molecule has 1 heterocycles. The van der Waals surface area contributed by atoms with E-state index < -0.39 is 0 Å². The number of nitrogens with one attached hydrogen (secondary N) is 2. The minimum atomic E-state index is -0.266. The van der Waals surface area contributed by atoms with Gasteiger partial charge in [0.05, 0.1) is 0 Å². The number of phenolic OH excluding ortho intramolecular Hbond substituents is 1. The van der Waals surface area contributed by atoms with Crippen LogP contribution in [0.2, 0.25) is 0 Å². The molecule has 0 aliphatic rings. The van der Waals surface area contributed by atoms with E-state index in [0.717, 1.165) is 0 Å². The lowest BCUT2D eigenvalue weighted by atomic mass is 10.3. The van der Waals surface area contributed by atoms with Gasteiger partial charge in [0.15, 0.2) is 0 Å². The molecule has 1 aromatic heterocycles. The highest BCUT2D eigenvalue weighted by molar-refractivity contribution is 7.71. The summed E-state index contributed by atoms with van der Waals surface area (Å²) in [5.41, 5.74) is 0.590. The molecular weight excluding hydrogens is 242 g/mol. The van der Waals surface area contributed by atoms with Crippen molar-refractivity contribution in [1.82, 2.24) is 20.2 Å². The number of H-pyrrole nitrogens is 1. The normalized spacial score (nSPS) is 10.1. The van der Waals surface area contributed by atoms with E-state index in [4.69, 9.17) is 17.3 Å². The number of benzene rings is 1. The zero-order valence-corrected chi connectivity index (χ0v) is 9.44. The van der Waals surface area contributed by atoms with E-state index in [1.807, 2.05) is 0 Å². The number of hydrogen-bond donors (Lipinski definition) is 3. The summed E-state index contributed by atoms with van der Waals surface area (Å²) in [7, 11) is 0. The number of nitrogens with zero attached hydrogens (tertiary/aromatic N) is 3.